The summed E-state index contributed by atoms with van der Waals surface area (Å²) in [7, 11) is 0. The number of carbonyl (C=O) groups excluding carboxylic acids is 1. The summed E-state index contributed by atoms with van der Waals surface area (Å²) in [6.07, 6.45) is -0.227. The lowest BCUT2D eigenvalue weighted by molar-refractivity contribution is -0.128. The van der Waals surface area contributed by atoms with E-state index in [-0.39, 0.29) is 5.91 Å². The molecule has 0 aliphatic heterocycles. The molecule has 0 aliphatic carbocycles. The molecule has 1 atom stereocenters. The van der Waals surface area contributed by atoms with E-state index in [0.29, 0.717) is 6.54 Å². The molecule has 0 bridgehead atoms. The zero-order chi connectivity index (χ0) is 13.1. The maximum Gasteiger partial charge on any atom is 0.248 e. The van der Waals surface area contributed by atoms with Gasteiger partial charge in [0.25, 0.3) is 0 Å². The largest absolute Gasteiger partial charge is 0.384 e. The van der Waals surface area contributed by atoms with Crippen molar-refractivity contribution >= 4 is 16.9 Å². The van der Waals surface area contributed by atoms with E-state index in [1.165, 1.54) is 6.92 Å². The van der Waals surface area contributed by atoms with Crippen LogP contribution in [0, 0.1) is 6.92 Å². The second-order valence-electron chi connectivity index (χ2n) is 4.39. The van der Waals surface area contributed by atoms with Gasteiger partial charge in [0.15, 0.2) is 0 Å². The monoisotopic (exact) mass is 247 g/mol. The highest BCUT2D eigenvalue weighted by atomic mass is 16.3. The number of aliphatic hydroxyl groups is 1. The van der Waals surface area contributed by atoms with Gasteiger partial charge in [-0.25, -0.2) is 4.98 Å². The number of carbonyl (C=O) groups is 1. The summed E-state index contributed by atoms with van der Waals surface area (Å²) in [4.78, 5) is 18.7. The Balaban J connectivity index is 1.97. The van der Waals surface area contributed by atoms with Gasteiger partial charge in [-0.15, -0.1) is 0 Å². The van der Waals surface area contributed by atoms with Crippen LogP contribution in [0.2, 0.25) is 0 Å². The van der Waals surface area contributed by atoms with Crippen LogP contribution in [0.15, 0.2) is 18.2 Å². The van der Waals surface area contributed by atoms with Gasteiger partial charge < -0.3 is 15.4 Å². The topological polar surface area (TPSA) is 78.0 Å². The first-order chi connectivity index (χ1) is 8.56. The van der Waals surface area contributed by atoms with E-state index in [2.05, 4.69) is 15.3 Å². The predicted molar refractivity (Wildman–Crippen MR) is 69.2 cm³/mol. The van der Waals surface area contributed by atoms with Crippen molar-refractivity contribution in [3.05, 3.63) is 29.6 Å². The zero-order valence-electron chi connectivity index (χ0n) is 10.5. The normalized spacial score (nSPS) is 12.6. The van der Waals surface area contributed by atoms with Gasteiger partial charge in [-0.2, -0.15) is 0 Å². The molecule has 18 heavy (non-hydrogen) atoms. The average Bonchev–Trinajstić information content (AvgIpc) is 2.68. The number of nitrogens with zero attached hydrogens (tertiary/aromatic N) is 1. The number of nitrogens with one attached hydrogen (secondary N) is 2. The molecule has 2 aromatic rings. The van der Waals surface area contributed by atoms with Gasteiger partial charge in [0.1, 0.15) is 11.9 Å². The summed E-state index contributed by atoms with van der Waals surface area (Å²) in [5, 5.41) is 11.7. The van der Waals surface area contributed by atoms with Gasteiger partial charge in [-0.05, 0) is 38.0 Å². The maximum absolute atomic E-state index is 11.2. The number of aliphatic hydroxyl groups excluding tert-OH is 1. The van der Waals surface area contributed by atoms with Crippen LogP contribution >= 0.6 is 0 Å². The number of benzene rings is 1. The van der Waals surface area contributed by atoms with Crippen LogP contribution in [-0.4, -0.2) is 33.6 Å². The van der Waals surface area contributed by atoms with Crippen LogP contribution in [-0.2, 0) is 11.2 Å². The van der Waals surface area contributed by atoms with Gasteiger partial charge in [-0.1, -0.05) is 6.07 Å². The Kier molecular flexibility index (Phi) is 3.62. The van der Waals surface area contributed by atoms with E-state index < -0.39 is 6.10 Å². The maximum atomic E-state index is 11.2. The minimum atomic E-state index is -0.956. The number of rotatable bonds is 4. The van der Waals surface area contributed by atoms with Crippen molar-refractivity contribution < 1.29 is 9.90 Å². The Hall–Kier alpha value is -1.88. The minimum Gasteiger partial charge on any atom is -0.384 e. The number of hydrogen-bond donors (Lipinski definition) is 3. The number of imidazole rings is 1. The highest BCUT2D eigenvalue weighted by molar-refractivity contribution is 5.80. The Morgan fingerprint density at radius 1 is 1.56 bits per heavy atom. The molecule has 0 saturated carbocycles. The summed E-state index contributed by atoms with van der Waals surface area (Å²) < 4.78 is 0. The first-order valence-electron chi connectivity index (χ1n) is 5.97. The number of aromatic nitrogens is 2. The molecule has 1 unspecified atom stereocenters. The molecule has 0 saturated heterocycles. The summed E-state index contributed by atoms with van der Waals surface area (Å²) in [6.45, 7) is 3.89. The van der Waals surface area contributed by atoms with E-state index in [0.717, 1.165) is 28.8 Å². The van der Waals surface area contributed by atoms with Gasteiger partial charge in [0, 0.05) is 6.54 Å². The second kappa shape index (κ2) is 5.18. The smallest absolute Gasteiger partial charge is 0.248 e. The lowest BCUT2D eigenvalue weighted by Crippen LogP contribution is -2.33. The number of aryl methyl sites for hydroxylation is 1. The lowest BCUT2D eigenvalue weighted by Gasteiger charge is -2.06. The first kappa shape index (κ1) is 12.6. The van der Waals surface area contributed by atoms with Crippen LogP contribution in [0.4, 0.5) is 0 Å². The van der Waals surface area contributed by atoms with Crippen molar-refractivity contribution in [1.29, 1.82) is 0 Å². The second-order valence-corrected chi connectivity index (χ2v) is 4.39. The molecule has 0 radical (unpaired) electrons. The molecule has 0 aliphatic rings. The number of H-pyrrole nitrogens is 1. The molecule has 0 spiro atoms. The number of aromatic amines is 1. The van der Waals surface area contributed by atoms with Crippen LogP contribution in [0.25, 0.3) is 11.0 Å². The van der Waals surface area contributed by atoms with E-state index in [1.54, 1.807) is 0 Å². The third kappa shape index (κ3) is 2.87. The summed E-state index contributed by atoms with van der Waals surface area (Å²) in [6, 6.07) is 5.99. The van der Waals surface area contributed by atoms with Crippen molar-refractivity contribution in [3.8, 4) is 0 Å². The predicted octanol–water partition coefficient (Wildman–Crippen LogP) is 0.911. The standard InChI is InChI=1S/C13H17N3O2/c1-8(17)13(18)14-6-5-10-3-4-11-12(7-10)16-9(2)15-11/h3-4,7-8,17H,5-6H2,1-2H3,(H,14,18)(H,15,16). The molecule has 1 aromatic carbocycles. The molecule has 96 valence electrons. The molecule has 1 aromatic heterocycles. The van der Waals surface area contributed by atoms with Gasteiger partial charge in [0.2, 0.25) is 5.91 Å². The molecular formula is C13H17N3O2. The molecule has 0 fully saturated rings. The molecule has 2 rings (SSSR count). The Labute approximate surface area is 105 Å². The fourth-order valence-electron chi connectivity index (χ4n) is 1.82. The van der Waals surface area contributed by atoms with E-state index in [9.17, 15) is 4.79 Å². The summed E-state index contributed by atoms with van der Waals surface area (Å²) >= 11 is 0. The van der Waals surface area contributed by atoms with Crippen molar-refractivity contribution in [2.75, 3.05) is 6.54 Å². The van der Waals surface area contributed by atoms with E-state index in [4.69, 9.17) is 5.11 Å². The Morgan fingerprint density at radius 2 is 2.33 bits per heavy atom. The molecular weight excluding hydrogens is 230 g/mol. The van der Waals surface area contributed by atoms with Crippen molar-refractivity contribution in [1.82, 2.24) is 15.3 Å². The number of hydrogen-bond acceptors (Lipinski definition) is 3. The van der Waals surface area contributed by atoms with Crippen LogP contribution in [0.3, 0.4) is 0 Å². The van der Waals surface area contributed by atoms with Crippen molar-refractivity contribution in [3.63, 3.8) is 0 Å². The molecule has 1 heterocycles. The van der Waals surface area contributed by atoms with Crippen LogP contribution in [0.5, 0.6) is 0 Å². The highest BCUT2D eigenvalue weighted by Crippen LogP contribution is 2.13. The highest BCUT2D eigenvalue weighted by Gasteiger charge is 2.07. The Bertz CT molecular complexity index is 560. The molecule has 3 N–H and O–H groups in total. The SMILES string of the molecule is Cc1nc2ccc(CCNC(=O)C(C)O)cc2[nH]1. The quantitative estimate of drug-likeness (QED) is 0.751. The third-order valence-electron chi connectivity index (χ3n) is 2.76. The fraction of sp³-hybridized carbons (Fsp3) is 0.385. The van der Waals surface area contributed by atoms with Gasteiger partial charge in [-0.3, -0.25) is 4.79 Å². The zero-order valence-corrected chi connectivity index (χ0v) is 10.5. The average molecular weight is 247 g/mol. The first-order valence-corrected chi connectivity index (χ1v) is 5.97. The van der Waals surface area contributed by atoms with Crippen molar-refractivity contribution in [2.24, 2.45) is 0 Å². The lowest BCUT2D eigenvalue weighted by atomic mass is 10.1. The van der Waals surface area contributed by atoms with Gasteiger partial charge >= 0.3 is 0 Å². The van der Waals surface area contributed by atoms with Gasteiger partial charge in [0.05, 0.1) is 11.0 Å². The molecule has 1 amide bonds. The van der Waals surface area contributed by atoms with E-state index in [1.807, 2.05) is 25.1 Å². The Morgan fingerprint density at radius 3 is 3.06 bits per heavy atom. The minimum absolute atomic E-state index is 0.339. The summed E-state index contributed by atoms with van der Waals surface area (Å²) in [5.41, 5.74) is 3.08. The van der Waals surface area contributed by atoms with E-state index >= 15 is 0 Å². The molecule has 5 heteroatoms. The fourth-order valence-corrected chi connectivity index (χ4v) is 1.82. The number of amides is 1. The van der Waals surface area contributed by atoms with Crippen molar-refractivity contribution in [2.45, 2.75) is 26.4 Å². The molecule has 5 nitrogen and oxygen atoms in total. The number of fused-ring (bicyclic) bond motifs is 1. The third-order valence-corrected chi connectivity index (χ3v) is 2.76. The van der Waals surface area contributed by atoms with Crippen LogP contribution < -0.4 is 5.32 Å². The van der Waals surface area contributed by atoms with Crippen LogP contribution in [0.1, 0.15) is 18.3 Å². The summed E-state index contributed by atoms with van der Waals surface area (Å²) in [5.74, 6) is 0.554.